The van der Waals surface area contributed by atoms with E-state index in [0.29, 0.717) is 13.0 Å². The Morgan fingerprint density at radius 1 is 0.906 bits per heavy atom. The van der Waals surface area contributed by atoms with Gasteiger partial charge in [0.15, 0.2) is 0 Å². The van der Waals surface area contributed by atoms with Gasteiger partial charge in [-0.25, -0.2) is 4.79 Å². The molecule has 0 bridgehead atoms. The largest absolute Gasteiger partial charge is 0.481 e. The minimum atomic E-state index is -0.805. The summed E-state index contributed by atoms with van der Waals surface area (Å²) in [5.41, 5.74) is 4.66. The molecule has 0 radical (unpaired) electrons. The Hall–Kier alpha value is -3.61. The van der Waals surface area contributed by atoms with Crippen LogP contribution in [0.1, 0.15) is 42.7 Å². The lowest BCUT2D eigenvalue weighted by Crippen LogP contribution is -2.27. The number of benzene rings is 2. The zero-order valence-corrected chi connectivity index (χ0v) is 17.9. The van der Waals surface area contributed by atoms with Crippen LogP contribution in [0, 0.1) is 0 Å². The Bertz CT molecular complexity index is 940. The van der Waals surface area contributed by atoms with E-state index in [9.17, 15) is 14.4 Å². The number of ether oxygens (including phenoxy) is 1. The molecule has 0 atom stereocenters. The molecule has 1 aliphatic carbocycles. The number of nitrogens with one attached hydrogen (secondary N) is 2. The molecule has 0 heterocycles. The number of unbranched alkanes of at least 4 members (excludes halogenated alkanes) is 2. The third kappa shape index (κ3) is 6.44. The third-order valence-electron chi connectivity index (χ3n) is 5.34. The molecule has 7 heteroatoms. The molecule has 0 saturated carbocycles. The number of rotatable bonds is 11. The van der Waals surface area contributed by atoms with Crippen LogP contribution in [-0.2, 0) is 14.3 Å². The molecule has 0 fully saturated rings. The summed E-state index contributed by atoms with van der Waals surface area (Å²) in [5, 5.41) is 13.9. The minimum Gasteiger partial charge on any atom is -0.481 e. The Balaban J connectivity index is 1.35. The summed E-state index contributed by atoms with van der Waals surface area (Å²) in [4.78, 5) is 34.2. The van der Waals surface area contributed by atoms with Crippen LogP contribution in [0.25, 0.3) is 11.1 Å². The van der Waals surface area contributed by atoms with Gasteiger partial charge in [0.2, 0.25) is 5.91 Å². The predicted octanol–water partition coefficient (Wildman–Crippen LogP) is 3.84. The number of fused-ring (bicyclic) bond motifs is 3. The molecule has 168 valence electrons. The number of carbonyl (C=O) groups is 3. The first kappa shape index (κ1) is 23.1. The van der Waals surface area contributed by atoms with Crippen LogP contribution in [0.15, 0.2) is 60.7 Å². The molecule has 2 amide bonds. The van der Waals surface area contributed by atoms with Crippen molar-refractivity contribution in [2.75, 3.05) is 19.7 Å². The molecule has 7 nitrogen and oxygen atoms in total. The Kier molecular flexibility index (Phi) is 8.43. The molecule has 2 aromatic rings. The fraction of sp³-hybridized carbons (Fsp3) is 0.320. The minimum absolute atomic E-state index is 0.00460. The molecule has 32 heavy (non-hydrogen) atoms. The highest BCUT2D eigenvalue weighted by Crippen LogP contribution is 2.44. The van der Waals surface area contributed by atoms with E-state index < -0.39 is 12.1 Å². The molecular formula is C25H28N2O5. The van der Waals surface area contributed by atoms with Gasteiger partial charge in [-0.1, -0.05) is 61.0 Å². The van der Waals surface area contributed by atoms with E-state index in [1.807, 2.05) is 24.3 Å². The van der Waals surface area contributed by atoms with Gasteiger partial charge < -0.3 is 20.5 Å². The number of alkyl carbamates (subject to hydrolysis) is 1. The number of carboxylic acids is 1. The van der Waals surface area contributed by atoms with Crippen LogP contribution < -0.4 is 10.6 Å². The van der Waals surface area contributed by atoms with Crippen molar-refractivity contribution in [3.05, 3.63) is 71.8 Å². The van der Waals surface area contributed by atoms with Gasteiger partial charge in [-0.15, -0.1) is 0 Å². The van der Waals surface area contributed by atoms with Crippen LogP contribution in [0.3, 0.4) is 0 Å². The molecule has 0 unspecified atom stereocenters. The van der Waals surface area contributed by atoms with Crippen molar-refractivity contribution in [2.24, 2.45) is 0 Å². The van der Waals surface area contributed by atoms with Crippen molar-refractivity contribution in [1.29, 1.82) is 0 Å². The lowest BCUT2D eigenvalue weighted by molar-refractivity contribution is -0.137. The van der Waals surface area contributed by atoms with Gasteiger partial charge in [0.25, 0.3) is 0 Å². The quantitative estimate of drug-likeness (QED) is 0.367. The number of hydrogen-bond acceptors (Lipinski definition) is 4. The van der Waals surface area contributed by atoms with Crippen LogP contribution >= 0.6 is 0 Å². The van der Waals surface area contributed by atoms with E-state index in [1.165, 1.54) is 17.2 Å². The van der Waals surface area contributed by atoms with Gasteiger partial charge in [-0.05, 0) is 35.1 Å². The summed E-state index contributed by atoms with van der Waals surface area (Å²) >= 11 is 0. The van der Waals surface area contributed by atoms with E-state index >= 15 is 0 Å². The molecule has 0 saturated heterocycles. The van der Waals surface area contributed by atoms with E-state index in [-0.39, 0.29) is 31.4 Å². The average molecular weight is 437 g/mol. The smallest absolute Gasteiger partial charge is 0.407 e. The van der Waals surface area contributed by atoms with Crippen LogP contribution in [0.2, 0.25) is 0 Å². The van der Waals surface area contributed by atoms with Gasteiger partial charge in [0, 0.05) is 31.5 Å². The Morgan fingerprint density at radius 3 is 2.22 bits per heavy atom. The summed E-state index contributed by atoms with van der Waals surface area (Å²) in [6.45, 7) is 0.914. The van der Waals surface area contributed by atoms with Crippen LogP contribution in [0.4, 0.5) is 4.79 Å². The SMILES string of the molecule is O=C(O)CCCCCNC(=O)/C=C/CNC(=O)OCC1c2ccccc2-c2ccccc21. The number of carbonyl (C=O) groups excluding carboxylic acids is 2. The van der Waals surface area contributed by atoms with E-state index in [2.05, 4.69) is 34.9 Å². The second kappa shape index (κ2) is 11.7. The summed E-state index contributed by atoms with van der Waals surface area (Å²) in [6, 6.07) is 16.3. The number of hydrogen-bond donors (Lipinski definition) is 3. The highest BCUT2D eigenvalue weighted by atomic mass is 16.5. The van der Waals surface area contributed by atoms with Gasteiger partial charge in [0.05, 0.1) is 0 Å². The highest BCUT2D eigenvalue weighted by molar-refractivity contribution is 5.87. The van der Waals surface area contributed by atoms with Crippen molar-refractivity contribution in [3.63, 3.8) is 0 Å². The zero-order valence-electron chi connectivity index (χ0n) is 17.9. The summed E-state index contributed by atoms with van der Waals surface area (Å²) in [6.07, 6.45) is 4.61. The lowest BCUT2D eigenvalue weighted by atomic mass is 9.98. The molecule has 0 spiro atoms. The lowest BCUT2D eigenvalue weighted by Gasteiger charge is -2.14. The van der Waals surface area contributed by atoms with E-state index in [1.54, 1.807) is 6.08 Å². The highest BCUT2D eigenvalue weighted by Gasteiger charge is 2.28. The van der Waals surface area contributed by atoms with E-state index in [0.717, 1.165) is 24.0 Å². The Morgan fingerprint density at radius 2 is 1.56 bits per heavy atom. The first-order valence-electron chi connectivity index (χ1n) is 10.8. The maximum atomic E-state index is 12.1. The average Bonchev–Trinajstić information content (AvgIpc) is 3.11. The summed E-state index contributed by atoms with van der Waals surface area (Å²) in [7, 11) is 0. The summed E-state index contributed by atoms with van der Waals surface area (Å²) in [5.74, 6) is -1.05. The van der Waals surface area contributed by atoms with Crippen LogP contribution in [-0.4, -0.2) is 42.8 Å². The van der Waals surface area contributed by atoms with Gasteiger partial charge in [-0.2, -0.15) is 0 Å². The van der Waals surface area contributed by atoms with E-state index in [4.69, 9.17) is 9.84 Å². The van der Waals surface area contributed by atoms with Crippen LogP contribution in [0.5, 0.6) is 0 Å². The topological polar surface area (TPSA) is 105 Å². The fourth-order valence-electron chi connectivity index (χ4n) is 3.81. The molecular weight excluding hydrogens is 408 g/mol. The summed E-state index contributed by atoms with van der Waals surface area (Å²) < 4.78 is 5.44. The standard InChI is InChI=1S/C25H28N2O5/c28-23(26-15-7-1-2-14-24(29)30)13-8-16-27-25(31)32-17-22-20-11-5-3-9-18(20)19-10-4-6-12-21(19)22/h3-6,8-13,22H,1-2,7,14-17H2,(H,26,28)(H,27,31)(H,29,30)/b13-8+. The van der Waals surface area contributed by atoms with Gasteiger partial charge >= 0.3 is 12.1 Å². The van der Waals surface area contributed by atoms with Crippen molar-refractivity contribution in [2.45, 2.75) is 31.6 Å². The second-order valence-corrected chi connectivity index (χ2v) is 7.60. The van der Waals surface area contributed by atoms with Gasteiger partial charge in [-0.3, -0.25) is 9.59 Å². The molecule has 0 aliphatic heterocycles. The van der Waals surface area contributed by atoms with Crippen molar-refractivity contribution >= 4 is 18.0 Å². The van der Waals surface area contributed by atoms with Gasteiger partial charge in [0.1, 0.15) is 6.61 Å². The third-order valence-corrected chi connectivity index (χ3v) is 5.34. The first-order valence-corrected chi connectivity index (χ1v) is 10.8. The number of aliphatic carboxylic acids is 1. The van der Waals surface area contributed by atoms with Crippen molar-refractivity contribution < 1.29 is 24.2 Å². The normalized spacial score (nSPS) is 12.2. The van der Waals surface area contributed by atoms with Crippen molar-refractivity contribution in [1.82, 2.24) is 10.6 Å². The molecule has 3 rings (SSSR count). The molecule has 2 aromatic carbocycles. The molecule has 1 aliphatic rings. The first-order chi connectivity index (χ1) is 15.6. The zero-order chi connectivity index (χ0) is 22.8. The van der Waals surface area contributed by atoms with Crippen molar-refractivity contribution in [3.8, 4) is 11.1 Å². The maximum absolute atomic E-state index is 12.1. The second-order valence-electron chi connectivity index (χ2n) is 7.60. The molecule has 3 N–H and O–H groups in total. The number of amides is 2. The number of carboxylic acid groups (broad SMARTS) is 1. The Labute approximate surface area is 187 Å². The predicted molar refractivity (Wildman–Crippen MR) is 121 cm³/mol. The molecule has 0 aromatic heterocycles. The fourth-order valence-corrected chi connectivity index (χ4v) is 3.81. The monoisotopic (exact) mass is 436 g/mol. The maximum Gasteiger partial charge on any atom is 0.407 e.